The van der Waals surface area contributed by atoms with Gasteiger partial charge in [-0.05, 0) is 62.2 Å². The summed E-state index contributed by atoms with van der Waals surface area (Å²) in [6.45, 7) is 6.25. The fraction of sp³-hybridized carbons (Fsp3) is 0.292. The van der Waals surface area contributed by atoms with Crippen molar-refractivity contribution in [2.45, 2.75) is 32.9 Å². The summed E-state index contributed by atoms with van der Waals surface area (Å²) in [5.74, 6) is -0.0344. The SMILES string of the molecule is CC(C)(C)OC(=O)Nc1cncc(-c2ccc(-c3ccc4c(c3)CN(CCO)C4=O)s2)c1. The van der Waals surface area contributed by atoms with E-state index in [1.807, 2.05) is 57.2 Å². The third-order valence-electron chi connectivity index (χ3n) is 4.91. The van der Waals surface area contributed by atoms with Gasteiger partial charge in [-0.15, -0.1) is 11.3 Å². The number of aromatic nitrogens is 1. The highest BCUT2D eigenvalue weighted by atomic mass is 32.1. The lowest BCUT2D eigenvalue weighted by Crippen LogP contribution is -2.27. The highest BCUT2D eigenvalue weighted by molar-refractivity contribution is 7.18. The van der Waals surface area contributed by atoms with Gasteiger partial charge in [0.25, 0.3) is 5.91 Å². The summed E-state index contributed by atoms with van der Waals surface area (Å²) < 4.78 is 5.30. The van der Waals surface area contributed by atoms with Crippen molar-refractivity contribution in [3.05, 3.63) is 59.9 Å². The molecule has 0 spiro atoms. The van der Waals surface area contributed by atoms with Gasteiger partial charge >= 0.3 is 6.09 Å². The molecule has 0 unspecified atom stereocenters. The zero-order valence-corrected chi connectivity index (χ0v) is 19.0. The fourth-order valence-corrected chi connectivity index (χ4v) is 4.53. The Kier molecular flexibility index (Phi) is 5.99. The Balaban J connectivity index is 1.52. The first-order valence-electron chi connectivity index (χ1n) is 10.3. The van der Waals surface area contributed by atoms with Crippen molar-refractivity contribution in [1.82, 2.24) is 9.88 Å². The Labute approximate surface area is 190 Å². The monoisotopic (exact) mass is 451 g/mol. The minimum atomic E-state index is -0.576. The molecule has 0 aliphatic carbocycles. The summed E-state index contributed by atoms with van der Waals surface area (Å²) >= 11 is 1.61. The molecule has 3 heterocycles. The number of carbonyl (C=O) groups is 2. The molecule has 0 saturated heterocycles. The zero-order valence-electron chi connectivity index (χ0n) is 18.2. The van der Waals surface area contributed by atoms with Gasteiger partial charge in [0.05, 0.1) is 18.5 Å². The molecule has 0 bridgehead atoms. The highest BCUT2D eigenvalue weighted by Crippen LogP contribution is 2.36. The molecule has 0 atom stereocenters. The van der Waals surface area contributed by atoms with Gasteiger partial charge in [-0.3, -0.25) is 15.1 Å². The normalized spacial score (nSPS) is 13.2. The van der Waals surface area contributed by atoms with E-state index in [9.17, 15) is 9.59 Å². The summed E-state index contributed by atoms with van der Waals surface area (Å²) in [5.41, 5.74) is 3.58. The number of anilines is 1. The van der Waals surface area contributed by atoms with Gasteiger partial charge in [0.15, 0.2) is 0 Å². The second-order valence-electron chi connectivity index (χ2n) is 8.58. The lowest BCUT2D eigenvalue weighted by Gasteiger charge is -2.19. The van der Waals surface area contributed by atoms with Gasteiger partial charge < -0.3 is 14.7 Å². The third-order valence-corrected chi connectivity index (χ3v) is 6.10. The van der Waals surface area contributed by atoms with Crippen LogP contribution < -0.4 is 5.32 Å². The molecular formula is C24H25N3O4S. The Morgan fingerprint density at radius 1 is 1.16 bits per heavy atom. The molecule has 0 saturated carbocycles. The zero-order chi connectivity index (χ0) is 22.9. The lowest BCUT2D eigenvalue weighted by molar-refractivity contribution is 0.0635. The van der Waals surface area contributed by atoms with E-state index in [2.05, 4.69) is 10.3 Å². The number of aliphatic hydroxyl groups is 1. The van der Waals surface area contributed by atoms with Crippen LogP contribution in [-0.2, 0) is 11.3 Å². The largest absolute Gasteiger partial charge is 0.444 e. The molecule has 1 aliphatic rings. The predicted octanol–water partition coefficient (Wildman–Crippen LogP) is 4.77. The smallest absolute Gasteiger partial charge is 0.412 e. The Hall–Kier alpha value is -3.23. The van der Waals surface area contributed by atoms with Crippen molar-refractivity contribution in [3.8, 4) is 20.9 Å². The second-order valence-corrected chi connectivity index (χ2v) is 9.66. The first-order valence-corrected chi connectivity index (χ1v) is 11.1. The van der Waals surface area contributed by atoms with Crippen LogP contribution in [0.3, 0.4) is 0 Å². The predicted molar refractivity (Wildman–Crippen MR) is 125 cm³/mol. The molecular weight excluding hydrogens is 426 g/mol. The van der Waals surface area contributed by atoms with Crippen LogP contribution in [0.25, 0.3) is 20.9 Å². The minimum Gasteiger partial charge on any atom is -0.444 e. The van der Waals surface area contributed by atoms with Gasteiger partial charge in [-0.2, -0.15) is 0 Å². The number of amides is 2. The molecule has 1 aliphatic heterocycles. The topological polar surface area (TPSA) is 91.8 Å². The summed E-state index contributed by atoms with van der Waals surface area (Å²) in [5, 5.41) is 11.9. The number of hydrogen-bond acceptors (Lipinski definition) is 6. The van der Waals surface area contributed by atoms with Gasteiger partial charge in [0, 0.05) is 40.2 Å². The number of β-amino-alcohol motifs (C(OH)–C–C–N with tert-alkyl or cyclic N) is 1. The summed E-state index contributed by atoms with van der Waals surface area (Å²) in [6.07, 6.45) is 2.81. The number of benzene rings is 1. The van der Waals surface area contributed by atoms with Crippen LogP contribution in [0.5, 0.6) is 0 Å². The van der Waals surface area contributed by atoms with Crippen LogP contribution in [0.1, 0.15) is 36.7 Å². The molecule has 166 valence electrons. The van der Waals surface area contributed by atoms with Crippen LogP contribution in [0, 0.1) is 0 Å². The van der Waals surface area contributed by atoms with E-state index in [0.717, 1.165) is 26.4 Å². The number of nitrogens with zero attached hydrogens (tertiary/aromatic N) is 2. The van der Waals surface area contributed by atoms with Crippen LogP contribution >= 0.6 is 11.3 Å². The number of ether oxygens (including phenoxy) is 1. The molecule has 8 heteroatoms. The number of fused-ring (bicyclic) bond motifs is 1. The average molecular weight is 452 g/mol. The number of thiophene rings is 1. The first kappa shape index (κ1) is 22.0. The van der Waals surface area contributed by atoms with Crippen LogP contribution in [0.4, 0.5) is 10.5 Å². The van der Waals surface area contributed by atoms with E-state index in [1.165, 1.54) is 0 Å². The van der Waals surface area contributed by atoms with E-state index in [4.69, 9.17) is 9.84 Å². The molecule has 1 aromatic carbocycles. The Morgan fingerprint density at radius 3 is 2.62 bits per heavy atom. The maximum atomic E-state index is 12.4. The maximum Gasteiger partial charge on any atom is 0.412 e. The van der Waals surface area contributed by atoms with Crippen LogP contribution in [0.2, 0.25) is 0 Å². The number of rotatable bonds is 5. The Morgan fingerprint density at radius 2 is 1.91 bits per heavy atom. The fourth-order valence-electron chi connectivity index (χ4n) is 3.55. The molecule has 0 fully saturated rings. The van der Waals surface area contributed by atoms with Crippen LogP contribution in [0.15, 0.2) is 48.8 Å². The van der Waals surface area contributed by atoms with Crippen molar-refractivity contribution >= 4 is 29.0 Å². The number of pyridine rings is 1. The quantitative estimate of drug-likeness (QED) is 0.583. The summed E-state index contributed by atoms with van der Waals surface area (Å²) in [7, 11) is 0. The molecule has 32 heavy (non-hydrogen) atoms. The maximum absolute atomic E-state index is 12.4. The molecule has 3 aromatic rings. The van der Waals surface area contributed by atoms with Gasteiger partial charge in [0.1, 0.15) is 5.60 Å². The lowest BCUT2D eigenvalue weighted by atomic mass is 10.1. The molecule has 2 N–H and O–H groups in total. The van der Waals surface area contributed by atoms with Crippen molar-refractivity contribution in [1.29, 1.82) is 0 Å². The number of carbonyl (C=O) groups excluding carboxylic acids is 2. The Bertz CT molecular complexity index is 1170. The minimum absolute atomic E-state index is 0.0344. The van der Waals surface area contributed by atoms with E-state index >= 15 is 0 Å². The van der Waals surface area contributed by atoms with Crippen molar-refractivity contribution in [2.75, 3.05) is 18.5 Å². The molecule has 4 rings (SSSR count). The number of hydrogen-bond donors (Lipinski definition) is 2. The standard InChI is InChI=1S/C24H25N3O4S/c1-24(2,3)31-23(30)26-18-11-16(12-25-13-18)21-7-6-20(32-21)15-4-5-19-17(10-15)14-27(8-9-28)22(19)29/h4-7,10-13,28H,8-9,14H2,1-3H3,(H,26,30). The molecule has 7 nitrogen and oxygen atoms in total. The van der Waals surface area contributed by atoms with E-state index in [-0.39, 0.29) is 12.5 Å². The molecule has 2 aromatic heterocycles. The molecule has 2 amide bonds. The van der Waals surface area contributed by atoms with E-state index in [1.54, 1.807) is 28.6 Å². The van der Waals surface area contributed by atoms with E-state index < -0.39 is 11.7 Å². The summed E-state index contributed by atoms with van der Waals surface area (Å²) in [4.78, 5) is 32.4. The summed E-state index contributed by atoms with van der Waals surface area (Å²) in [6, 6.07) is 11.8. The van der Waals surface area contributed by atoms with Gasteiger partial charge in [-0.25, -0.2) is 4.79 Å². The van der Waals surface area contributed by atoms with Gasteiger partial charge in [0.2, 0.25) is 0 Å². The third kappa shape index (κ3) is 4.81. The van der Waals surface area contributed by atoms with E-state index in [0.29, 0.717) is 24.3 Å². The average Bonchev–Trinajstić information content (AvgIpc) is 3.32. The van der Waals surface area contributed by atoms with Crippen molar-refractivity contribution < 1.29 is 19.4 Å². The first-order chi connectivity index (χ1) is 15.2. The van der Waals surface area contributed by atoms with Crippen molar-refractivity contribution in [2.24, 2.45) is 0 Å². The second kappa shape index (κ2) is 8.72. The van der Waals surface area contributed by atoms with Crippen molar-refractivity contribution in [3.63, 3.8) is 0 Å². The highest BCUT2D eigenvalue weighted by Gasteiger charge is 2.27. The van der Waals surface area contributed by atoms with Gasteiger partial charge in [-0.1, -0.05) is 6.07 Å². The number of aliphatic hydroxyl groups excluding tert-OH is 1. The molecule has 0 radical (unpaired) electrons. The van der Waals surface area contributed by atoms with Crippen LogP contribution in [-0.4, -0.2) is 45.7 Å². The number of nitrogens with one attached hydrogen (secondary N) is 1.